The topological polar surface area (TPSA) is 26.3 Å². The van der Waals surface area contributed by atoms with Gasteiger partial charge in [0.05, 0.1) is 23.0 Å². The van der Waals surface area contributed by atoms with Gasteiger partial charge in [0.1, 0.15) is 0 Å². The number of rotatable bonds is 4. The van der Waals surface area contributed by atoms with E-state index in [9.17, 15) is 0 Å². The van der Waals surface area contributed by atoms with Crippen LogP contribution >= 0.6 is 0 Å². The number of halogens is 2. The summed E-state index contributed by atoms with van der Waals surface area (Å²) in [5.41, 5.74) is 13.0. The molecule has 0 fully saturated rings. The Morgan fingerprint density at radius 2 is 0.765 bits per heavy atom. The number of hydrogen-bond acceptors (Lipinski definition) is 2. The predicted octanol–water partition coefficient (Wildman–Crippen LogP) is 12.2. The molecule has 0 unspecified atom stereocenters. The van der Waals surface area contributed by atoms with E-state index in [2.05, 4.69) is 199 Å². The van der Waals surface area contributed by atoms with Crippen molar-refractivity contribution in [3.63, 3.8) is 0 Å². The maximum atomic E-state index is 5.90. The first kappa shape index (κ1) is 48.7. The van der Waals surface area contributed by atoms with Crippen molar-refractivity contribution in [2.45, 2.75) is 54.6 Å². The standard InChI is InChI=1S/2C30H23O.C2H6Si.2ClH.Zr/c2*1-18-14-24-16-25(29-13-8-19(2)31-29)17-28(24)30(20(18)3)23-11-12-27-22(15-23)10-9-21-6-4-5-7-26(21)27;1-3-2;;;/h2*4-17H,1-3H3;1-2H3;2*1H;/q2*-1;;;;+2/p-2. The first-order valence-corrected chi connectivity index (χ1v) is 29.0. The molecule has 0 saturated carbocycles. The van der Waals surface area contributed by atoms with Gasteiger partial charge in [-0.3, -0.25) is 0 Å². The minimum absolute atomic E-state index is 0. The molecular formula is C62H52Cl2O2SiZr-2. The number of furan rings is 2. The minimum atomic E-state index is 0. The smallest absolute Gasteiger partial charge is 0.0896 e. The molecule has 2 nitrogen and oxygen atoms in total. The van der Waals surface area contributed by atoms with Crippen LogP contribution in [-0.4, -0.2) is 5.43 Å². The van der Waals surface area contributed by atoms with Crippen molar-refractivity contribution in [2.24, 2.45) is 0 Å². The Labute approximate surface area is 426 Å². The van der Waals surface area contributed by atoms with Crippen molar-refractivity contribution in [1.29, 1.82) is 0 Å². The number of aryl methyl sites for hydroxylation is 4. The van der Waals surface area contributed by atoms with Gasteiger partial charge < -0.3 is 33.6 Å². The van der Waals surface area contributed by atoms with Crippen LogP contribution < -0.4 is 24.8 Å². The Morgan fingerprint density at radius 1 is 0.397 bits per heavy atom. The van der Waals surface area contributed by atoms with Crippen LogP contribution in [0.1, 0.15) is 33.8 Å². The average molecular weight is 1020 g/mol. The monoisotopic (exact) mass is 1020 g/mol. The fourth-order valence-corrected chi connectivity index (χ4v) is 9.75. The molecule has 0 atom stereocenters. The quantitative estimate of drug-likeness (QED) is 0.0998. The first-order valence-electron chi connectivity index (χ1n) is 22.8. The molecule has 0 radical (unpaired) electrons. The molecule has 0 saturated heterocycles. The molecule has 2 aromatic heterocycles. The van der Waals surface area contributed by atoms with Gasteiger partial charge in [-0.05, 0) is 143 Å². The number of hydrogen-bond donors (Lipinski definition) is 0. The maximum absolute atomic E-state index is 5.90. The molecule has 0 aliphatic carbocycles. The molecule has 12 rings (SSSR count). The van der Waals surface area contributed by atoms with Gasteiger partial charge >= 0.3 is 41.9 Å². The van der Waals surface area contributed by atoms with Crippen LogP contribution in [0.2, 0.25) is 13.1 Å². The van der Waals surface area contributed by atoms with E-state index in [4.69, 9.17) is 8.83 Å². The summed E-state index contributed by atoms with van der Waals surface area (Å²) in [6.45, 7) is 17.5. The van der Waals surface area contributed by atoms with Gasteiger partial charge in [0.2, 0.25) is 0 Å². The van der Waals surface area contributed by atoms with E-state index >= 15 is 0 Å². The van der Waals surface area contributed by atoms with Gasteiger partial charge in [0.15, 0.2) is 0 Å². The molecule has 0 bridgehead atoms. The summed E-state index contributed by atoms with van der Waals surface area (Å²) in [6, 6.07) is 61.7. The van der Waals surface area contributed by atoms with Gasteiger partial charge in [-0.25, -0.2) is 0 Å². The number of benzene rings is 8. The molecule has 0 amide bonds. The molecule has 0 aliphatic rings. The van der Waals surface area contributed by atoms with E-state index in [1.54, 1.807) is 23.3 Å². The van der Waals surface area contributed by atoms with Crippen molar-refractivity contribution in [1.82, 2.24) is 0 Å². The molecule has 0 N–H and O–H groups in total. The van der Waals surface area contributed by atoms with E-state index in [0.29, 0.717) is 0 Å². The molecular weight excluding hydrogens is 967 g/mol. The van der Waals surface area contributed by atoms with Crippen molar-refractivity contribution in [3.8, 4) is 44.9 Å². The van der Waals surface area contributed by atoms with Gasteiger partial charge in [-0.1, -0.05) is 130 Å². The Bertz CT molecular complexity index is 3590. The van der Waals surface area contributed by atoms with Crippen LogP contribution in [0.3, 0.4) is 0 Å². The SMILES string of the molecule is C[Si](C)=[Zr+2].Cc1ccc(-c2cc3c(-c4ccc5c(ccc6ccccc65)c4)c(C)c(C)cc3[cH-]2)o1.Cc1ccc(-c2cc3c(-c4ccc5c(ccc6ccccc65)c4)c(C)c(C)cc3[cH-]2)o1.[Cl-].[Cl-]. The van der Waals surface area contributed by atoms with Crippen LogP contribution in [0.25, 0.3) is 110 Å². The largest absolute Gasteiger partial charge is 1.00 e. The Hall–Kier alpha value is -5.74. The Kier molecular flexibility index (Phi) is 14.4. The predicted molar refractivity (Wildman–Crippen MR) is 281 cm³/mol. The van der Waals surface area contributed by atoms with E-state index in [-0.39, 0.29) is 30.2 Å². The molecule has 6 heteroatoms. The Balaban J connectivity index is 0.000000166. The van der Waals surface area contributed by atoms with E-state index in [0.717, 1.165) is 34.2 Å². The third kappa shape index (κ3) is 9.37. The normalized spacial score (nSPS) is 11.1. The van der Waals surface area contributed by atoms with Gasteiger partial charge in [-0.2, -0.15) is 0 Å². The summed E-state index contributed by atoms with van der Waals surface area (Å²) in [6.07, 6.45) is 0. The zero-order chi connectivity index (χ0) is 45.8. The third-order valence-corrected chi connectivity index (χ3v) is 13.2. The van der Waals surface area contributed by atoms with Crippen molar-refractivity contribution < 1.29 is 57.0 Å². The second-order valence-corrected chi connectivity index (χ2v) is 27.5. The molecule has 2 heterocycles. The summed E-state index contributed by atoms with van der Waals surface area (Å²) in [5.74, 6) is 3.74. The average Bonchev–Trinajstić information content (AvgIpc) is 4.14. The summed E-state index contributed by atoms with van der Waals surface area (Å²) in [7, 11) is 0. The van der Waals surface area contributed by atoms with Gasteiger partial charge in [0, 0.05) is 0 Å². The molecule has 12 aromatic rings. The zero-order valence-electron chi connectivity index (χ0n) is 39.7. The van der Waals surface area contributed by atoms with Gasteiger partial charge in [-0.15, -0.1) is 57.9 Å². The molecule has 0 aliphatic heterocycles. The van der Waals surface area contributed by atoms with E-state index in [1.165, 1.54) is 109 Å². The van der Waals surface area contributed by atoms with Crippen LogP contribution in [0, 0.1) is 41.5 Å². The van der Waals surface area contributed by atoms with E-state index in [1.807, 2.05) is 26.0 Å². The van der Waals surface area contributed by atoms with Crippen LogP contribution in [0.5, 0.6) is 0 Å². The summed E-state index contributed by atoms with van der Waals surface area (Å²) in [5, 5.41) is 15.4. The Morgan fingerprint density at radius 3 is 1.15 bits per heavy atom. The zero-order valence-corrected chi connectivity index (χ0v) is 44.7. The molecule has 68 heavy (non-hydrogen) atoms. The van der Waals surface area contributed by atoms with Crippen molar-refractivity contribution >= 4 is 70.1 Å². The molecule has 336 valence electrons. The fourth-order valence-electron chi connectivity index (χ4n) is 9.75. The first-order chi connectivity index (χ1) is 31.9. The fraction of sp³-hybridized carbons (Fsp3) is 0.129. The third-order valence-electron chi connectivity index (χ3n) is 13.2. The van der Waals surface area contributed by atoms with Gasteiger partial charge in [0.25, 0.3) is 0 Å². The van der Waals surface area contributed by atoms with Crippen molar-refractivity contribution in [3.05, 3.63) is 204 Å². The van der Waals surface area contributed by atoms with Crippen LogP contribution in [-0.2, 0) is 23.3 Å². The summed E-state index contributed by atoms with van der Waals surface area (Å²) < 4.78 is 11.8. The van der Waals surface area contributed by atoms with Crippen LogP contribution in [0.15, 0.2) is 179 Å². The summed E-state index contributed by atoms with van der Waals surface area (Å²) >= 11 is 1.74. The van der Waals surface area contributed by atoms with E-state index < -0.39 is 0 Å². The second kappa shape index (κ2) is 20.1. The van der Waals surface area contributed by atoms with Crippen LogP contribution in [0.4, 0.5) is 0 Å². The minimum Gasteiger partial charge on any atom is -1.00 e. The second-order valence-electron chi connectivity index (χ2n) is 18.1. The summed E-state index contributed by atoms with van der Waals surface area (Å²) in [4.78, 5) is 0. The molecule has 0 spiro atoms. The van der Waals surface area contributed by atoms with Crippen molar-refractivity contribution in [2.75, 3.05) is 0 Å². The molecule has 10 aromatic carbocycles. The maximum Gasteiger partial charge on any atom is 0.0896 e. The number of fused-ring (bicyclic) bond motifs is 8.